The van der Waals surface area contributed by atoms with Crippen molar-refractivity contribution in [3.63, 3.8) is 0 Å². The lowest BCUT2D eigenvalue weighted by molar-refractivity contribution is -0.137. The number of esters is 1. The normalized spacial score (nSPS) is 12.6. The Kier molecular flexibility index (Phi) is 5.66. The Hall–Kier alpha value is -4.47. The second-order valence-electron chi connectivity index (χ2n) is 7.32. The smallest absolute Gasteiger partial charge is 0.418 e. The lowest BCUT2D eigenvalue weighted by Crippen LogP contribution is -2.25. The molecule has 0 unspecified atom stereocenters. The number of rotatable bonds is 4. The zero-order valence-electron chi connectivity index (χ0n) is 17.2. The monoisotopic (exact) mass is 468 g/mol. The van der Waals surface area contributed by atoms with Crippen molar-refractivity contribution < 1.29 is 37.1 Å². The van der Waals surface area contributed by atoms with Crippen LogP contribution in [0.4, 0.5) is 24.5 Å². The van der Waals surface area contributed by atoms with Crippen LogP contribution >= 0.6 is 0 Å². The Labute approximate surface area is 190 Å². The predicted molar refractivity (Wildman–Crippen MR) is 115 cm³/mol. The minimum Gasteiger partial charge on any atom is -0.452 e. The third-order valence-electron chi connectivity index (χ3n) is 5.19. The maximum absolute atomic E-state index is 13.1. The summed E-state index contributed by atoms with van der Waals surface area (Å²) in [6.45, 7) is -0.905. The lowest BCUT2D eigenvalue weighted by atomic mass is 9.82. The number of halogens is 3. The Balaban J connectivity index is 1.52. The van der Waals surface area contributed by atoms with E-state index in [1.807, 2.05) is 5.32 Å². The van der Waals surface area contributed by atoms with Crippen LogP contribution in [0.3, 0.4) is 0 Å². The highest BCUT2D eigenvalue weighted by Gasteiger charge is 2.34. The van der Waals surface area contributed by atoms with Crippen molar-refractivity contribution in [1.29, 1.82) is 0 Å². The first-order valence-electron chi connectivity index (χ1n) is 9.83. The molecule has 3 aromatic carbocycles. The van der Waals surface area contributed by atoms with Gasteiger partial charge in [0.15, 0.2) is 18.2 Å². The van der Waals surface area contributed by atoms with Gasteiger partial charge >= 0.3 is 12.1 Å². The van der Waals surface area contributed by atoms with E-state index in [2.05, 4.69) is 0 Å². The second kappa shape index (κ2) is 8.47. The molecule has 0 saturated heterocycles. The Morgan fingerprint density at radius 3 is 2.15 bits per heavy atom. The first kappa shape index (κ1) is 22.7. The quantitative estimate of drug-likeness (QED) is 0.347. The molecule has 3 N–H and O–H groups in total. The third kappa shape index (κ3) is 4.01. The highest BCUT2D eigenvalue weighted by atomic mass is 19.4. The molecule has 0 heterocycles. The van der Waals surface area contributed by atoms with Crippen molar-refractivity contribution in [2.45, 2.75) is 6.18 Å². The van der Waals surface area contributed by atoms with Gasteiger partial charge < -0.3 is 15.8 Å². The molecule has 10 heteroatoms. The number of anilines is 2. The summed E-state index contributed by atoms with van der Waals surface area (Å²) in [7, 11) is 0. The molecule has 3 aromatic rings. The zero-order chi connectivity index (χ0) is 24.6. The van der Waals surface area contributed by atoms with Crippen LogP contribution in [0.5, 0.6) is 0 Å². The fraction of sp³-hybridized carbons (Fsp3) is 0.0833. The van der Waals surface area contributed by atoms with Gasteiger partial charge in [0.2, 0.25) is 0 Å². The van der Waals surface area contributed by atoms with Crippen LogP contribution < -0.4 is 11.1 Å². The molecule has 0 bridgehead atoms. The van der Waals surface area contributed by atoms with Crippen LogP contribution in [0.1, 0.15) is 47.8 Å². The molecule has 0 atom stereocenters. The van der Waals surface area contributed by atoms with E-state index >= 15 is 0 Å². The molecule has 7 nitrogen and oxygen atoms in total. The summed E-state index contributed by atoms with van der Waals surface area (Å²) in [5.74, 6) is -3.07. The summed E-state index contributed by atoms with van der Waals surface area (Å²) in [6.07, 6.45) is -4.69. The van der Waals surface area contributed by atoms with E-state index < -0.39 is 47.5 Å². The summed E-state index contributed by atoms with van der Waals surface area (Å²) in [5.41, 5.74) is 4.13. The molecule has 1 aliphatic carbocycles. The number of nitrogen functional groups attached to an aromatic ring is 1. The van der Waals surface area contributed by atoms with Crippen molar-refractivity contribution in [2.75, 3.05) is 17.7 Å². The van der Waals surface area contributed by atoms with Gasteiger partial charge in [-0.05, 0) is 24.3 Å². The highest BCUT2D eigenvalue weighted by Crippen LogP contribution is 2.35. The molecule has 0 radical (unpaired) electrons. The number of carbonyl (C=O) groups excluding carboxylic acids is 4. The number of para-hydroxylation sites is 1. The van der Waals surface area contributed by atoms with E-state index in [-0.39, 0.29) is 33.5 Å². The molecule has 0 aliphatic heterocycles. The van der Waals surface area contributed by atoms with E-state index in [0.29, 0.717) is 0 Å². The average Bonchev–Trinajstić information content (AvgIpc) is 2.80. The topological polar surface area (TPSA) is 116 Å². The second-order valence-corrected chi connectivity index (χ2v) is 7.32. The summed E-state index contributed by atoms with van der Waals surface area (Å²) in [6, 6.07) is 12.9. The number of alkyl halides is 3. The van der Waals surface area contributed by atoms with Gasteiger partial charge in [0, 0.05) is 16.7 Å². The van der Waals surface area contributed by atoms with Crippen LogP contribution in [-0.2, 0) is 15.7 Å². The van der Waals surface area contributed by atoms with Crippen molar-refractivity contribution in [3.05, 3.63) is 94.0 Å². The van der Waals surface area contributed by atoms with Crippen molar-refractivity contribution in [2.24, 2.45) is 0 Å². The average molecular weight is 468 g/mol. The number of ether oxygens (including phenoxy) is 1. The Morgan fingerprint density at radius 1 is 0.853 bits per heavy atom. The summed E-state index contributed by atoms with van der Waals surface area (Å²) < 4.78 is 44.1. The molecule has 1 aliphatic rings. The largest absolute Gasteiger partial charge is 0.452 e. The van der Waals surface area contributed by atoms with Crippen LogP contribution in [-0.4, -0.2) is 30.0 Å². The number of carbonyl (C=O) groups is 4. The van der Waals surface area contributed by atoms with Gasteiger partial charge in [0.05, 0.1) is 28.1 Å². The SMILES string of the molecule is Nc1c(C(=O)OCC(=O)Nc2ccccc2C(F)(F)F)ccc2c1C(=O)c1ccccc1C2=O. The maximum atomic E-state index is 13.1. The van der Waals surface area contributed by atoms with Gasteiger partial charge in [-0.1, -0.05) is 36.4 Å². The van der Waals surface area contributed by atoms with Crippen LogP contribution in [0.25, 0.3) is 0 Å². The standard InChI is InChI=1S/C24H15F3N2O5/c25-24(26,27)16-7-3-4-8-17(16)29-18(30)11-34-23(33)15-10-9-14-19(20(15)28)22(32)13-6-2-1-5-12(13)21(14)31/h1-10H,11,28H2,(H,29,30). The first-order valence-corrected chi connectivity index (χ1v) is 9.83. The van der Waals surface area contributed by atoms with E-state index in [4.69, 9.17) is 10.5 Å². The molecule has 0 saturated carbocycles. The summed E-state index contributed by atoms with van der Waals surface area (Å²) in [5, 5.41) is 2.05. The van der Waals surface area contributed by atoms with Crippen molar-refractivity contribution in [1.82, 2.24) is 0 Å². The Bertz CT molecular complexity index is 1360. The summed E-state index contributed by atoms with van der Waals surface area (Å²) >= 11 is 0. The van der Waals surface area contributed by atoms with Gasteiger partial charge in [-0.2, -0.15) is 13.2 Å². The number of fused-ring (bicyclic) bond motifs is 2. The minimum absolute atomic E-state index is 0.0271. The molecule has 0 fully saturated rings. The van der Waals surface area contributed by atoms with Gasteiger partial charge in [-0.15, -0.1) is 0 Å². The van der Waals surface area contributed by atoms with Gasteiger partial charge in [0.25, 0.3) is 5.91 Å². The predicted octanol–water partition coefficient (Wildman–Crippen LogP) is 3.86. The molecule has 4 rings (SSSR count). The Morgan fingerprint density at radius 2 is 1.47 bits per heavy atom. The number of ketones is 2. The number of benzene rings is 3. The summed E-state index contributed by atoms with van der Waals surface area (Å²) in [4.78, 5) is 50.2. The van der Waals surface area contributed by atoms with E-state index in [0.717, 1.165) is 12.1 Å². The fourth-order valence-electron chi connectivity index (χ4n) is 3.62. The first-order chi connectivity index (χ1) is 16.1. The number of nitrogens with two attached hydrogens (primary N) is 1. The molecule has 34 heavy (non-hydrogen) atoms. The molecular weight excluding hydrogens is 453 g/mol. The van der Waals surface area contributed by atoms with Crippen molar-refractivity contribution >= 4 is 34.8 Å². The zero-order valence-corrected chi connectivity index (χ0v) is 17.2. The van der Waals surface area contributed by atoms with Crippen molar-refractivity contribution in [3.8, 4) is 0 Å². The van der Waals surface area contributed by atoms with Crippen LogP contribution in [0.2, 0.25) is 0 Å². The fourth-order valence-corrected chi connectivity index (χ4v) is 3.62. The molecule has 1 amide bonds. The number of nitrogens with one attached hydrogen (secondary N) is 1. The minimum atomic E-state index is -4.69. The molecular formula is C24H15F3N2O5. The molecule has 0 spiro atoms. The maximum Gasteiger partial charge on any atom is 0.418 e. The van der Waals surface area contributed by atoms with Crippen LogP contribution in [0, 0.1) is 0 Å². The molecule has 172 valence electrons. The highest BCUT2D eigenvalue weighted by molar-refractivity contribution is 6.30. The van der Waals surface area contributed by atoms with E-state index in [9.17, 15) is 32.3 Å². The van der Waals surface area contributed by atoms with Crippen LogP contribution in [0.15, 0.2) is 60.7 Å². The number of hydrogen-bond donors (Lipinski definition) is 2. The van der Waals surface area contributed by atoms with Gasteiger partial charge in [-0.3, -0.25) is 14.4 Å². The van der Waals surface area contributed by atoms with E-state index in [1.165, 1.54) is 36.4 Å². The lowest BCUT2D eigenvalue weighted by Gasteiger charge is -2.20. The number of hydrogen-bond acceptors (Lipinski definition) is 6. The van der Waals surface area contributed by atoms with Gasteiger partial charge in [0.1, 0.15) is 0 Å². The van der Waals surface area contributed by atoms with Gasteiger partial charge in [-0.25, -0.2) is 4.79 Å². The third-order valence-corrected chi connectivity index (χ3v) is 5.19. The molecule has 0 aromatic heterocycles. The number of amides is 1. The van der Waals surface area contributed by atoms with E-state index in [1.54, 1.807) is 12.1 Å².